The van der Waals surface area contributed by atoms with Crippen molar-refractivity contribution in [3.63, 3.8) is 0 Å². The Bertz CT molecular complexity index is 1200. The Morgan fingerprint density at radius 1 is 1.00 bits per heavy atom. The summed E-state index contributed by atoms with van der Waals surface area (Å²) < 4.78 is 6.01. The lowest BCUT2D eigenvalue weighted by molar-refractivity contribution is -0.127. The van der Waals surface area contributed by atoms with Gasteiger partial charge in [0.15, 0.2) is 0 Å². The minimum absolute atomic E-state index is 0.0357. The third-order valence-corrected chi connectivity index (χ3v) is 7.15. The highest BCUT2D eigenvalue weighted by molar-refractivity contribution is 6.04. The number of nitrogens with two attached hydrogens (primary N) is 2. The van der Waals surface area contributed by atoms with Crippen molar-refractivity contribution in [3.8, 4) is 5.75 Å². The van der Waals surface area contributed by atoms with Crippen molar-refractivity contribution >= 4 is 29.3 Å². The van der Waals surface area contributed by atoms with Crippen LogP contribution >= 0.6 is 0 Å². The van der Waals surface area contributed by atoms with Gasteiger partial charge in [-0.3, -0.25) is 24.1 Å². The molecule has 4 amide bonds. The monoisotopic (exact) mass is 520 g/mol. The molecule has 2 aliphatic rings. The number of amides is 4. The van der Waals surface area contributed by atoms with Gasteiger partial charge in [-0.15, -0.1) is 0 Å². The molecule has 1 unspecified atom stereocenters. The number of anilines is 1. The van der Waals surface area contributed by atoms with Crippen LogP contribution in [0.4, 0.5) is 5.69 Å². The van der Waals surface area contributed by atoms with Crippen LogP contribution in [0.2, 0.25) is 0 Å². The van der Waals surface area contributed by atoms with Crippen LogP contribution in [0.1, 0.15) is 61.6 Å². The fraction of sp³-hybridized carbons (Fsp3) is 0.448. The van der Waals surface area contributed by atoms with E-state index < -0.39 is 18.0 Å². The summed E-state index contributed by atoms with van der Waals surface area (Å²) in [6, 6.07) is 12.6. The Morgan fingerprint density at radius 2 is 1.76 bits per heavy atom. The zero-order valence-corrected chi connectivity index (χ0v) is 21.6. The molecule has 202 valence electrons. The molecule has 0 aliphatic carbocycles. The van der Waals surface area contributed by atoms with E-state index >= 15 is 0 Å². The Kier molecular flexibility index (Phi) is 8.99. The predicted molar refractivity (Wildman–Crippen MR) is 143 cm³/mol. The number of nitrogens with one attached hydrogen (secondary N) is 1. The standard InChI is InChI=1S/C29H36N4O5/c30-25(34)12-2-1-6-19-7-3-11-23(16-19)38-18-22(14-15-26(31)35)32-29(37)24-17-21-10-4-8-20-9-5-13-27(36)33(24)28(20)21/h3-4,7-8,10-11,16,22,24H,1-2,5-6,9,12-15,17-18H2,(H2,30,34)(H2,31,35)(H,32,37)/t22-,24?/m0/s1. The molecule has 5 N–H and O–H groups in total. The van der Waals surface area contributed by atoms with Crippen molar-refractivity contribution in [2.24, 2.45) is 11.5 Å². The SMILES string of the molecule is NC(=O)CCCCc1cccc(OC[C@H](CCC(N)=O)NC(=O)C2Cc3cccc4c3N2C(=O)CCC4)c1. The van der Waals surface area contributed by atoms with Crippen molar-refractivity contribution in [3.05, 3.63) is 59.2 Å². The first-order chi connectivity index (χ1) is 18.3. The first-order valence-corrected chi connectivity index (χ1v) is 13.3. The largest absolute Gasteiger partial charge is 0.491 e. The van der Waals surface area contributed by atoms with Crippen LogP contribution in [-0.4, -0.2) is 42.3 Å². The number of aryl methyl sites for hydroxylation is 2. The van der Waals surface area contributed by atoms with Gasteiger partial charge in [0.2, 0.25) is 23.6 Å². The molecule has 0 bridgehead atoms. The number of para-hydroxylation sites is 1. The molecule has 9 heteroatoms. The van der Waals surface area contributed by atoms with Gasteiger partial charge in [-0.05, 0) is 67.3 Å². The summed E-state index contributed by atoms with van der Waals surface area (Å²) in [6.07, 6.45) is 5.61. The molecule has 2 atom stereocenters. The van der Waals surface area contributed by atoms with Crippen molar-refractivity contribution < 1.29 is 23.9 Å². The Balaban J connectivity index is 1.40. The number of hydrogen-bond donors (Lipinski definition) is 3. The molecular weight excluding hydrogens is 484 g/mol. The lowest BCUT2D eigenvalue weighted by Crippen LogP contribution is -2.51. The lowest BCUT2D eigenvalue weighted by Gasteiger charge is -2.27. The highest BCUT2D eigenvalue weighted by Gasteiger charge is 2.41. The van der Waals surface area contributed by atoms with Crippen molar-refractivity contribution in [2.45, 2.75) is 76.3 Å². The number of carbonyl (C=O) groups is 4. The van der Waals surface area contributed by atoms with E-state index in [2.05, 4.69) is 5.32 Å². The number of ether oxygens (including phenoxy) is 1. The maximum absolute atomic E-state index is 13.5. The molecule has 0 aromatic heterocycles. The number of hydrogen-bond acceptors (Lipinski definition) is 5. The summed E-state index contributed by atoms with van der Waals surface area (Å²) in [7, 11) is 0. The lowest BCUT2D eigenvalue weighted by atomic mass is 10.0. The van der Waals surface area contributed by atoms with E-state index in [4.69, 9.17) is 16.2 Å². The van der Waals surface area contributed by atoms with Crippen LogP contribution < -0.4 is 26.4 Å². The van der Waals surface area contributed by atoms with E-state index in [1.54, 1.807) is 4.90 Å². The zero-order valence-electron chi connectivity index (χ0n) is 21.6. The summed E-state index contributed by atoms with van der Waals surface area (Å²) in [5.74, 6) is -0.400. The molecular formula is C29H36N4O5. The highest BCUT2D eigenvalue weighted by atomic mass is 16.5. The highest BCUT2D eigenvalue weighted by Crippen LogP contribution is 2.39. The molecule has 0 fully saturated rings. The molecule has 0 saturated carbocycles. The molecule has 2 aromatic rings. The van der Waals surface area contributed by atoms with Crippen molar-refractivity contribution in [1.82, 2.24) is 5.32 Å². The van der Waals surface area contributed by atoms with Crippen LogP contribution in [0.3, 0.4) is 0 Å². The number of rotatable bonds is 13. The van der Waals surface area contributed by atoms with Gasteiger partial charge in [-0.25, -0.2) is 0 Å². The molecule has 2 aliphatic heterocycles. The Hall–Kier alpha value is -3.88. The Labute approximate surface area is 222 Å². The number of primary amides is 2. The molecule has 4 rings (SSSR count). The van der Waals surface area contributed by atoms with E-state index in [-0.39, 0.29) is 30.7 Å². The fourth-order valence-corrected chi connectivity index (χ4v) is 5.26. The van der Waals surface area contributed by atoms with E-state index in [0.29, 0.717) is 31.4 Å². The number of unbranched alkanes of at least 4 members (excludes halogenated alkanes) is 1. The molecule has 38 heavy (non-hydrogen) atoms. The van der Waals surface area contributed by atoms with Gasteiger partial charge in [-0.1, -0.05) is 30.3 Å². The van der Waals surface area contributed by atoms with E-state index in [0.717, 1.165) is 54.5 Å². The van der Waals surface area contributed by atoms with Crippen LogP contribution in [-0.2, 0) is 38.4 Å². The first-order valence-electron chi connectivity index (χ1n) is 13.3. The second-order valence-corrected chi connectivity index (χ2v) is 10.1. The quantitative estimate of drug-likeness (QED) is 0.347. The topological polar surface area (TPSA) is 145 Å². The third kappa shape index (κ3) is 6.90. The maximum Gasteiger partial charge on any atom is 0.243 e. The summed E-state index contributed by atoms with van der Waals surface area (Å²) >= 11 is 0. The van der Waals surface area contributed by atoms with Gasteiger partial charge in [0.1, 0.15) is 18.4 Å². The van der Waals surface area contributed by atoms with Crippen LogP contribution in [0.25, 0.3) is 0 Å². The molecule has 0 saturated heterocycles. The average molecular weight is 521 g/mol. The van der Waals surface area contributed by atoms with Gasteiger partial charge in [0, 0.05) is 25.7 Å². The van der Waals surface area contributed by atoms with Gasteiger partial charge in [-0.2, -0.15) is 0 Å². The van der Waals surface area contributed by atoms with Crippen LogP contribution in [0.15, 0.2) is 42.5 Å². The summed E-state index contributed by atoms with van der Waals surface area (Å²) in [4.78, 5) is 50.5. The van der Waals surface area contributed by atoms with Gasteiger partial charge < -0.3 is 21.5 Å². The Morgan fingerprint density at radius 3 is 2.55 bits per heavy atom. The summed E-state index contributed by atoms with van der Waals surface area (Å²) in [5.41, 5.74) is 14.7. The molecule has 9 nitrogen and oxygen atoms in total. The molecule has 2 aromatic carbocycles. The second-order valence-electron chi connectivity index (χ2n) is 10.1. The van der Waals surface area contributed by atoms with Crippen LogP contribution in [0, 0.1) is 0 Å². The summed E-state index contributed by atoms with van der Waals surface area (Å²) in [5, 5.41) is 3.03. The number of carbonyl (C=O) groups excluding carboxylic acids is 4. The average Bonchev–Trinajstić information content (AvgIpc) is 3.20. The minimum atomic E-state index is -0.628. The molecule has 0 spiro atoms. The molecule has 2 heterocycles. The smallest absolute Gasteiger partial charge is 0.243 e. The first kappa shape index (κ1) is 27.2. The minimum Gasteiger partial charge on any atom is -0.491 e. The summed E-state index contributed by atoms with van der Waals surface area (Å²) in [6.45, 7) is 0.156. The van der Waals surface area contributed by atoms with E-state index in [1.807, 2.05) is 42.5 Å². The third-order valence-electron chi connectivity index (χ3n) is 7.15. The molecule has 0 radical (unpaired) electrons. The second kappa shape index (κ2) is 12.6. The number of nitrogens with zero attached hydrogens (tertiary/aromatic N) is 1. The predicted octanol–water partition coefficient (Wildman–Crippen LogP) is 2.31. The van der Waals surface area contributed by atoms with E-state index in [9.17, 15) is 19.2 Å². The number of benzene rings is 2. The fourth-order valence-electron chi connectivity index (χ4n) is 5.26. The van der Waals surface area contributed by atoms with Crippen LogP contribution in [0.5, 0.6) is 5.75 Å². The van der Waals surface area contributed by atoms with Gasteiger partial charge >= 0.3 is 0 Å². The zero-order chi connectivity index (χ0) is 27.1. The van der Waals surface area contributed by atoms with Gasteiger partial charge in [0.05, 0.1) is 11.7 Å². The maximum atomic E-state index is 13.5. The van der Waals surface area contributed by atoms with Gasteiger partial charge in [0.25, 0.3) is 0 Å². The van der Waals surface area contributed by atoms with Crippen molar-refractivity contribution in [2.75, 3.05) is 11.5 Å². The normalized spacial score (nSPS) is 16.9. The van der Waals surface area contributed by atoms with Crippen molar-refractivity contribution in [1.29, 1.82) is 0 Å². The van der Waals surface area contributed by atoms with E-state index in [1.165, 1.54) is 0 Å².